The lowest BCUT2D eigenvalue weighted by Crippen LogP contribution is -2.43. The third-order valence-corrected chi connectivity index (χ3v) is 7.98. The number of aromatic nitrogens is 1. The number of amides is 1. The van der Waals surface area contributed by atoms with E-state index in [1.807, 2.05) is 12.3 Å². The first-order valence-corrected chi connectivity index (χ1v) is 13.1. The van der Waals surface area contributed by atoms with Crippen LogP contribution in [0.5, 0.6) is 0 Å². The molecule has 0 aliphatic carbocycles. The number of ether oxygens (including phenoxy) is 1. The second kappa shape index (κ2) is 9.03. The number of morpholine rings is 1. The number of anilines is 1. The van der Waals surface area contributed by atoms with Crippen molar-refractivity contribution in [2.75, 3.05) is 37.3 Å². The molecule has 1 aliphatic rings. The van der Waals surface area contributed by atoms with Crippen LogP contribution in [0.25, 0.3) is 10.2 Å². The number of nitrogens with zero attached hydrogens (tertiary/aromatic N) is 2. The molecule has 1 N–H and O–H groups in total. The Bertz CT molecular complexity index is 1280. The molecule has 0 bridgehead atoms. The van der Waals surface area contributed by atoms with E-state index in [0.29, 0.717) is 42.2 Å². The van der Waals surface area contributed by atoms with E-state index in [1.165, 1.54) is 28.5 Å². The molecule has 31 heavy (non-hydrogen) atoms. The van der Waals surface area contributed by atoms with Gasteiger partial charge in [-0.3, -0.25) is 18.9 Å². The summed E-state index contributed by atoms with van der Waals surface area (Å²) in [4.78, 5) is 27.4. The number of hydrogen-bond acceptors (Lipinski definition) is 7. The predicted molar refractivity (Wildman–Crippen MR) is 123 cm³/mol. The minimum Gasteiger partial charge on any atom is -0.378 e. The predicted octanol–water partition coefficient (Wildman–Crippen LogP) is 2.44. The van der Waals surface area contributed by atoms with Gasteiger partial charge in [0.25, 0.3) is 10.0 Å². The van der Waals surface area contributed by atoms with Crippen molar-refractivity contribution in [3.05, 3.63) is 52.1 Å². The molecule has 0 radical (unpaired) electrons. The monoisotopic (exact) mass is 479 g/mol. The number of rotatable bonds is 6. The summed E-state index contributed by atoms with van der Waals surface area (Å²) in [6, 6.07) is 11.6. The molecule has 1 aliphatic heterocycles. The minimum absolute atomic E-state index is 0.0578. The van der Waals surface area contributed by atoms with Crippen LogP contribution >= 0.6 is 23.1 Å². The average Bonchev–Trinajstić information content (AvgIpc) is 3.08. The van der Waals surface area contributed by atoms with Crippen molar-refractivity contribution in [3.63, 3.8) is 0 Å². The van der Waals surface area contributed by atoms with E-state index in [4.69, 9.17) is 4.74 Å². The SMILES string of the molecule is CSc1cccc(NS(=O)(=O)c2ccc3c(c2)sc(=O)n3CC(=O)N2CCOCC2)c1. The second-order valence-corrected chi connectivity index (χ2v) is 10.5. The molecule has 3 aromatic rings. The van der Waals surface area contributed by atoms with Crippen LogP contribution in [-0.4, -0.2) is 56.4 Å². The highest BCUT2D eigenvalue weighted by molar-refractivity contribution is 7.98. The fourth-order valence-electron chi connectivity index (χ4n) is 3.31. The molecule has 8 nitrogen and oxygen atoms in total. The molecule has 0 atom stereocenters. The number of nitrogens with one attached hydrogen (secondary N) is 1. The van der Waals surface area contributed by atoms with Crippen molar-refractivity contribution in [3.8, 4) is 0 Å². The maximum atomic E-state index is 12.9. The molecule has 1 fully saturated rings. The van der Waals surface area contributed by atoms with Gasteiger partial charge in [0.15, 0.2) is 0 Å². The summed E-state index contributed by atoms with van der Waals surface area (Å²) in [6.07, 6.45) is 1.91. The maximum absolute atomic E-state index is 12.9. The molecule has 164 valence electrons. The van der Waals surface area contributed by atoms with Crippen LogP contribution in [0.4, 0.5) is 5.69 Å². The highest BCUT2D eigenvalue weighted by Gasteiger charge is 2.21. The van der Waals surface area contributed by atoms with Crippen molar-refractivity contribution in [1.82, 2.24) is 9.47 Å². The normalized spacial score (nSPS) is 14.7. The lowest BCUT2D eigenvalue weighted by Gasteiger charge is -2.26. The summed E-state index contributed by atoms with van der Waals surface area (Å²) < 4.78 is 35.4. The van der Waals surface area contributed by atoms with Gasteiger partial charge in [-0.1, -0.05) is 17.4 Å². The van der Waals surface area contributed by atoms with E-state index in [1.54, 1.807) is 29.2 Å². The standard InChI is InChI=1S/C20H21N3O5S3/c1-29-15-4-2-3-14(11-15)21-31(26,27)16-5-6-17-18(12-16)30-20(25)23(17)13-19(24)22-7-9-28-10-8-22/h2-6,11-12,21H,7-10,13H2,1H3. The maximum Gasteiger partial charge on any atom is 0.308 e. The van der Waals surface area contributed by atoms with E-state index in [9.17, 15) is 18.0 Å². The molecule has 11 heteroatoms. The number of sulfonamides is 1. The lowest BCUT2D eigenvalue weighted by molar-refractivity contribution is -0.135. The summed E-state index contributed by atoms with van der Waals surface area (Å²) in [5.74, 6) is -0.155. The number of hydrogen-bond donors (Lipinski definition) is 1. The van der Waals surface area contributed by atoms with E-state index in [0.717, 1.165) is 16.2 Å². The van der Waals surface area contributed by atoms with Crippen molar-refractivity contribution in [1.29, 1.82) is 0 Å². The quantitative estimate of drug-likeness (QED) is 0.546. The van der Waals surface area contributed by atoms with Gasteiger partial charge in [0.1, 0.15) is 6.54 Å². The van der Waals surface area contributed by atoms with E-state index < -0.39 is 10.0 Å². The Hall–Kier alpha value is -2.34. The van der Waals surface area contributed by atoms with Crippen molar-refractivity contribution < 1.29 is 17.9 Å². The van der Waals surface area contributed by atoms with Crippen LogP contribution < -0.4 is 9.60 Å². The largest absolute Gasteiger partial charge is 0.378 e. The van der Waals surface area contributed by atoms with Gasteiger partial charge in [-0.25, -0.2) is 8.42 Å². The summed E-state index contributed by atoms with van der Waals surface area (Å²) in [5.41, 5.74) is 1.01. The molecule has 2 aromatic carbocycles. The van der Waals surface area contributed by atoms with Crippen LogP contribution in [0.15, 0.2) is 57.1 Å². The molecular weight excluding hydrogens is 458 g/mol. The number of benzene rings is 2. The van der Waals surface area contributed by atoms with Gasteiger partial charge in [0.2, 0.25) is 5.91 Å². The van der Waals surface area contributed by atoms with Gasteiger partial charge < -0.3 is 9.64 Å². The smallest absolute Gasteiger partial charge is 0.308 e. The Morgan fingerprint density at radius 3 is 2.71 bits per heavy atom. The van der Waals surface area contributed by atoms with Crippen LogP contribution in [0.3, 0.4) is 0 Å². The van der Waals surface area contributed by atoms with Crippen molar-refractivity contribution in [2.24, 2.45) is 0 Å². The highest BCUT2D eigenvalue weighted by atomic mass is 32.2. The van der Waals surface area contributed by atoms with Gasteiger partial charge in [-0.05, 0) is 42.7 Å². The van der Waals surface area contributed by atoms with Gasteiger partial charge in [-0.15, -0.1) is 11.8 Å². The van der Waals surface area contributed by atoms with Gasteiger partial charge in [0, 0.05) is 23.7 Å². The number of thiazole rings is 1. The number of carbonyl (C=O) groups excluding carboxylic acids is 1. The van der Waals surface area contributed by atoms with E-state index >= 15 is 0 Å². The van der Waals surface area contributed by atoms with Crippen molar-refractivity contribution >= 4 is 54.9 Å². The number of fused-ring (bicyclic) bond motifs is 1. The second-order valence-electron chi connectivity index (χ2n) is 6.91. The Kier molecular flexibility index (Phi) is 6.37. The van der Waals surface area contributed by atoms with E-state index in [2.05, 4.69) is 4.72 Å². The molecule has 1 amide bonds. The molecule has 4 rings (SSSR count). The molecule has 0 spiro atoms. The van der Waals surface area contributed by atoms with Crippen LogP contribution in [-0.2, 0) is 26.1 Å². The van der Waals surface area contributed by atoms with E-state index in [-0.39, 0.29) is 22.2 Å². The summed E-state index contributed by atoms with van der Waals surface area (Å²) in [6.45, 7) is 1.89. The topological polar surface area (TPSA) is 97.7 Å². The zero-order valence-electron chi connectivity index (χ0n) is 16.7. The van der Waals surface area contributed by atoms with Crippen LogP contribution in [0.2, 0.25) is 0 Å². The highest BCUT2D eigenvalue weighted by Crippen LogP contribution is 2.25. The molecule has 0 saturated carbocycles. The molecule has 0 unspecified atom stereocenters. The summed E-state index contributed by atoms with van der Waals surface area (Å²) in [5, 5.41) is 0. The zero-order chi connectivity index (χ0) is 22.0. The number of carbonyl (C=O) groups is 1. The first-order valence-electron chi connectivity index (χ1n) is 9.53. The Morgan fingerprint density at radius 2 is 1.97 bits per heavy atom. The first kappa shape index (κ1) is 21.9. The van der Waals surface area contributed by atoms with Crippen LogP contribution in [0, 0.1) is 0 Å². The molecule has 1 aromatic heterocycles. The molecule has 1 saturated heterocycles. The number of thioether (sulfide) groups is 1. The lowest BCUT2D eigenvalue weighted by atomic mass is 10.3. The molecule has 2 heterocycles. The fraction of sp³-hybridized carbons (Fsp3) is 0.300. The Morgan fingerprint density at radius 1 is 1.19 bits per heavy atom. The zero-order valence-corrected chi connectivity index (χ0v) is 19.2. The Balaban J connectivity index is 1.59. The third-order valence-electron chi connectivity index (χ3n) is 4.93. The van der Waals surface area contributed by atoms with Crippen LogP contribution in [0.1, 0.15) is 0 Å². The van der Waals surface area contributed by atoms with Crippen molar-refractivity contribution in [2.45, 2.75) is 16.3 Å². The Labute approximate surface area is 187 Å². The minimum atomic E-state index is -3.83. The van der Waals surface area contributed by atoms with Gasteiger partial charge in [0.05, 0.1) is 28.3 Å². The van der Waals surface area contributed by atoms with Gasteiger partial charge >= 0.3 is 4.87 Å². The fourth-order valence-corrected chi connectivity index (χ4v) is 5.85. The molecular formula is C20H21N3O5S3. The summed E-state index contributed by atoms with van der Waals surface area (Å²) >= 11 is 2.44. The summed E-state index contributed by atoms with van der Waals surface area (Å²) in [7, 11) is -3.83. The average molecular weight is 480 g/mol. The van der Waals surface area contributed by atoms with Gasteiger partial charge in [-0.2, -0.15) is 0 Å². The third kappa shape index (κ3) is 4.79. The first-order chi connectivity index (χ1) is 14.9.